The van der Waals surface area contributed by atoms with Gasteiger partial charge in [-0.25, -0.2) is 15.3 Å². The molecule has 1 rings (SSSR count). The minimum absolute atomic E-state index is 1.03. The third kappa shape index (κ3) is 6.72. The Balaban J connectivity index is 2.34. The molecular formula is C15H32N3. The summed E-state index contributed by atoms with van der Waals surface area (Å²) < 4.78 is 0. The van der Waals surface area contributed by atoms with Crippen LogP contribution in [0.4, 0.5) is 0 Å². The number of unbranched alkanes of at least 4 members (excludes halogenated alkanes) is 4. The number of hydrazine groups is 1. The van der Waals surface area contributed by atoms with Crippen molar-refractivity contribution < 1.29 is 0 Å². The van der Waals surface area contributed by atoms with Crippen LogP contribution >= 0.6 is 0 Å². The largest absolute Gasteiger partial charge is 0.242 e. The highest BCUT2D eigenvalue weighted by Gasteiger charge is 2.16. The fourth-order valence-corrected chi connectivity index (χ4v) is 2.54. The fraction of sp³-hybridized carbons (Fsp3) is 1.00. The summed E-state index contributed by atoms with van der Waals surface area (Å²) in [6.07, 6.45) is 9.28. The van der Waals surface area contributed by atoms with Gasteiger partial charge in [-0.05, 0) is 19.3 Å². The number of nitrogens with zero attached hydrogens (tertiary/aromatic N) is 3. The normalized spacial score (nSPS) is 18.2. The highest BCUT2D eigenvalue weighted by Crippen LogP contribution is 2.08. The van der Waals surface area contributed by atoms with E-state index in [1.807, 2.05) is 0 Å². The second-order valence-corrected chi connectivity index (χ2v) is 5.35. The molecule has 3 nitrogen and oxygen atoms in total. The van der Waals surface area contributed by atoms with E-state index in [2.05, 4.69) is 29.2 Å². The maximum absolute atomic E-state index is 4.53. The SMILES string of the molecule is CCCCCN(CCCCC)N1CCC[N]CC1. The van der Waals surface area contributed by atoms with Crippen molar-refractivity contribution in [3.05, 3.63) is 0 Å². The molecule has 0 spiro atoms. The van der Waals surface area contributed by atoms with Crippen LogP contribution in [-0.2, 0) is 0 Å². The van der Waals surface area contributed by atoms with Crippen LogP contribution in [0.25, 0.3) is 0 Å². The van der Waals surface area contributed by atoms with Crippen molar-refractivity contribution in [3.63, 3.8) is 0 Å². The summed E-state index contributed by atoms with van der Waals surface area (Å²) in [5.74, 6) is 0. The van der Waals surface area contributed by atoms with E-state index >= 15 is 0 Å². The summed E-state index contributed by atoms with van der Waals surface area (Å²) in [4.78, 5) is 0. The quantitative estimate of drug-likeness (QED) is 0.590. The molecule has 0 amide bonds. The van der Waals surface area contributed by atoms with Crippen LogP contribution in [-0.4, -0.2) is 49.3 Å². The predicted molar refractivity (Wildman–Crippen MR) is 78.7 cm³/mol. The maximum atomic E-state index is 4.53. The first-order valence-corrected chi connectivity index (χ1v) is 8.01. The molecule has 1 aliphatic heterocycles. The Hall–Kier alpha value is -0.120. The van der Waals surface area contributed by atoms with Gasteiger partial charge in [0.1, 0.15) is 0 Å². The topological polar surface area (TPSA) is 20.6 Å². The van der Waals surface area contributed by atoms with Gasteiger partial charge in [0.15, 0.2) is 0 Å². The molecule has 0 N–H and O–H groups in total. The van der Waals surface area contributed by atoms with E-state index in [-0.39, 0.29) is 0 Å². The molecule has 1 aliphatic rings. The number of hydrogen-bond donors (Lipinski definition) is 0. The van der Waals surface area contributed by atoms with Crippen LogP contribution in [0, 0.1) is 0 Å². The van der Waals surface area contributed by atoms with Gasteiger partial charge in [0.2, 0.25) is 0 Å². The molecule has 0 aromatic heterocycles. The van der Waals surface area contributed by atoms with Crippen LogP contribution < -0.4 is 5.32 Å². The van der Waals surface area contributed by atoms with Crippen molar-refractivity contribution >= 4 is 0 Å². The third-order valence-corrected chi connectivity index (χ3v) is 3.69. The zero-order valence-corrected chi connectivity index (χ0v) is 12.5. The van der Waals surface area contributed by atoms with Gasteiger partial charge < -0.3 is 0 Å². The van der Waals surface area contributed by atoms with Gasteiger partial charge in [-0.2, -0.15) is 0 Å². The van der Waals surface area contributed by atoms with E-state index in [1.54, 1.807) is 0 Å². The van der Waals surface area contributed by atoms with Gasteiger partial charge in [0.25, 0.3) is 0 Å². The molecule has 1 radical (unpaired) electrons. The highest BCUT2D eigenvalue weighted by molar-refractivity contribution is 4.65. The number of rotatable bonds is 9. The first-order valence-electron chi connectivity index (χ1n) is 8.01. The molecule has 107 valence electrons. The minimum Gasteiger partial charge on any atom is -0.242 e. The van der Waals surface area contributed by atoms with Crippen LogP contribution in [0.5, 0.6) is 0 Å². The Kier molecular flexibility index (Phi) is 9.54. The Morgan fingerprint density at radius 1 is 0.889 bits per heavy atom. The smallest absolute Gasteiger partial charge is 0.0275 e. The molecule has 0 aromatic carbocycles. The molecule has 0 bridgehead atoms. The zero-order valence-electron chi connectivity index (χ0n) is 12.5. The Morgan fingerprint density at radius 3 is 2.17 bits per heavy atom. The van der Waals surface area contributed by atoms with Crippen molar-refractivity contribution in [2.24, 2.45) is 0 Å². The second-order valence-electron chi connectivity index (χ2n) is 5.35. The molecule has 0 saturated carbocycles. The first kappa shape index (κ1) is 15.9. The van der Waals surface area contributed by atoms with E-state index in [1.165, 1.54) is 64.6 Å². The Bertz CT molecular complexity index is 167. The van der Waals surface area contributed by atoms with Gasteiger partial charge in [-0.3, -0.25) is 0 Å². The molecule has 0 aliphatic carbocycles. The molecule has 3 heteroatoms. The summed E-state index contributed by atoms with van der Waals surface area (Å²) in [7, 11) is 0. The standard InChI is InChI=1S/C15H32N3/c1-3-5-7-12-17(13-8-6-4-2)18-14-9-10-16-11-15-18/h3-15H2,1-2H3. The van der Waals surface area contributed by atoms with E-state index < -0.39 is 0 Å². The van der Waals surface area contributed by atoms with Gasteiger partial charge in [-0.15, -0.1) is 0 Å². The summed E-state index contributed by atoms with van der Waals surface area (Å²) in [5.41, 5.74) is 0. The monoisotopic (exact) mass is 254 g/mol. The average molecular weight is 254 g/mol. The van der Waals surface area contributed by atoms with Crippen molar-refractivity contribution in [3.8, 4) is 0 Å². The van der Waals surface area contributed by atoms with Crippen LogP contribution in [0.2, 0.25) is 0 Å². The molecule has 1 fully saturated rings. The third-order valence-electron chi connectivity index (χ3n) is 3.69. The van der Waals surface area contributed by atoms with Crippen LogP contribution in [0.3, 0.4) is 0 Å². The van der Waals surface area contributed by atoms with Crippen molar-refractivity contribution in [1.82, 2.24) is 15.3 Å². The lowest BCUT2D eigenvalue weighted by Gasteiger charge is -2.34. The van der Waals surface area contributed by atoms with Crippen LogP contribution in [0.1, 0.15) is 58.8 Å². The van der Waals surface area contributed by atoms with E-state index in [0.717, 1.165) is 19.6 Å². The van der Waals surface area contributed by atoms with Gasteiger partial charge >= 0.3 is 0 Å². The van der Waals surface area contributed by atoms with Crippen molar-refractivity contribution in [2.75, 3.05) is 39.3 Å². The predicted octanol–water partition coefficient (Wildman–Crippen LogP) is 2.89. The van der Waals surface area contributed by atoms with E-state index in [9.17, 15) is 0 Å². The molecule has 0 aromatic rings. The Morgan fingerprint density at radius 2 is 1.56 bits per heavy atom. The summed E-state index contributed by atoms with van der Waals surface area (Å²) in [5, 5.41) is 9.72. The summed E-state index contributed by atoms with van der Waals surface area (Å²) in [6, 6.07) is 0. The summed E-state index contributed by atoms with van der Waals surface area (Å²) >= 11 is 0. The zero-order chi connectivity index (χ0) is 13.1. The van der Waals surface area contributed by atoms with E-state index in [4.69, 9.17) is 0 Å². The molecule has 1 heterocycles. The maximum Gasteiger partial charge on any atom is 0.0275 e. The molecular weight excluding hydrogens is 222 g/mol. The highest BCUT2D eigenvalue weighted by atomic mass is 15.6. The lowest BCUT2D eigenvalue weighted by atomic mass is 10.2. The molecule has 0 atom stereocenters. The van der Waals surface area contributed by atoms with Crippen molar-refractivity contribution in [1.29, 1.82) is 0 Å². The fourth-order valence-electron chi connectivity index (χ4n) is 2.54. The Labute approximate surface area is 114 Å². The first-order chi connectivity index (χ1) is 8.88. The second kappa shape index (κ2) is 10.8. The molecule has 1 saturated heterocycles. The summed E-state index contributed by atoms with van der Waals surface area (Å²) in [6.45, 7) is 11.5. The average Bonchev–Trinajstić information content (AvgIpc) is 2.66. The van der Waals surface area contributed by atoms with Gasteiger partial charge in [0.05, 0.1) is 0 Å². The van der Waals surface area contributed by atoms with Gasteiger partial charge in [0, 0.05) is 39.3 Å². The molecule has 0 unspecified atom stereocenters. The minimum atomic E-state index is 1.03. The number of hydrogen-bond acceptors (Lipinski definition) is 2. The van der Waals surface area contributed by atoms with E-state index in [0.29, 0.717) is 0 Å². The van der Waals surface area contributed by atoms with Crippen molar-refractivity contribution in [2.45, 2.75) is 58.8 Å². The van der Waals surface area contributed by atoms with Crippen LogP contribution in [0.15, 0.2) is 0 Å². The van der Waals surface area contributed by atoms with Gasteiger partial charge in [-0.1, -0.05) is 39.5 Å². The molecule has 18 heavy (non-hydrogen) atoms. The lowest BCUT2D eigenvalue weighted by Crippen LogP contribution is -2.45. The lowest BCUT2D eigenvalue weighted by molar-refractivity contribution is -0.0225.